The Labute approximate surface area is 180 Å². The van der Waals surface area contributed by atoms with Gasteiger partial charge >= 0.3 is 23.9 Å². The van der Waals surface area contributed by atoms with Crippen LogP contribution in [-0.4, -0.2) is 44.3 Å². The van der Waals surface area contributed by atoms with Crippen LogP contribution in [0, 0.1) is 46.5 Å². The molecule has 0 aliphatic rings. The van der Waals surface area contributed by atoms with Crippen molar-refractivity contribution in [3.05, 3.63) is 57.7 Å². The van der Waals surface area contributed by atoms with Gasteiger partial charge in [0.05, 0.1) is 22.3 Å². The second kappa shape index (κ2) is 8.95. The first-order valence-electron chi connectivity index (χ1n) is 8.20. The molecule has 182 valence electrons. The molecule has 2 aromatic rings. The first kappa shape index (κ1) is 26.0. The first-order chi connectivity index (χ1) is 15.6. The van der Waals surface area contributed by atoms with Crippen molar-refractivity contribution in [3.63, 3.8) is 0 Å². The summed E-state index contributed by atoms with van der Waals surface area (Å²) in [6.07, 6.45) is 0. The molecule has 0 saturated heterocycles. The Kier molecular flexibility index (Phi) is 6.85. The Morgan fingerprint density at radius 2 is 0.588 bits per heavy atom. The number of carboxylic acid groups (broad SMARTS) is 4. The minimum absolute atomic E-state index is 2.27. The monoisotopic (exact) mass is 502 g/mol. The summed E-state index contributed by atoms with van der Waals surface area (Å²) in [4.78, 5) is 43.8. The van der Waals surface area contributed by atoms with Gasteiger partial charge in [-0.2, -0.15) is 0 Å². The van der Waals surface area contributed by atoms with Crippen molar-refractivity contribution in [2.75, 3.05) is 0 Å². The summed E-state index contributed by atoms with van der Waals surface area (Å²) >= 11 is 0. The number of aliphatic carboxylic acids is 4. The molecule has 0 aliphatic carbocycles. The predicted octanol–water partition coefficient (Wildman–Crippen LogP) is 2.97. The van der Waals surface area contributed by atoms with Crippen LogP contribution in [0.3, 0.4) is 0 Å². The molecule has 0 spiro atoms. The van der Waals surface area contributed by atoms with Crippen molar-refractivity contribution in [1.29, 1.82) is 0 Å². The van der Waals surface area contributed by atoms with Gasteiger partial charge in [0.1, 0.15) is 0 Å². The van der Waals surface area contributed by atoms with Crippen LogP contribution in [0.15, 0.2) is 0 Å². The van der Waals surface area contributed by atoms with Crippen LogP contribution in [0.1, 0.15) is 23.0 Å². The lowest BCUT2D eigenvalue weighted by atomic mass is 9.90. The van der Waals surface area contributed by atoms with Gasteiger partial charge in [-0.25, -0.2) is 35.1 Å². The zero-order valence-electron chi connectivity index (χ0n) is 15.6. The van der Waals surface area contributed by atoms with Crippen LogP contribution >= 0.6 is 0 Å². The normalized spacial score (nSPS) is 11.2. The van der Waals surface area contributed by atoms with Crippen molar-refractivity contribution in [2.24, 2.45) is 0 Å². The quantitative estimate of drug-likeness (QED) is 0.257. The van der Waals surface area contributed by atoms with Crippen molar-refractivity contribution in [2.45, 2.75) is 11.8 Å². The van der Waals surface area contributed by atoms with E-state index in [0.717, 1.165) is 0 Å². The summed E-state index contributed by atoms with van der Waals surface area (Å²) in [5.74, 6) is -39.4. The minimum atomic E-state index is -3.27. The molecule has 34 heavy (non-hydrogen) atoms. The van der Waals surface area contributed by atoms with Crippen LogP contribution in [0.5, 0.6) is 0 Å². The summed E-state index contributed by atoms with van der Waals surface area (Å²) in [5, 5.41) is 35.1. The van der Waals surface area contributed by atoms with Crippen LogP contribution in [0.4, 0.5) is 35.1 Å². The summed E-state index contributed by atoms with van der Waals surface area (Å²) in [5.41, 5.74) is -9.55. The van der Waals surface area contributed by atoms with Gasteiger partial charge in [0.15, 0.2) is 58.4 Å². The molecule has 0 heterocycles. The number of halogens is 8. The predicted molar refractivity (Wildman–Crippen MR) is 87.6 cm³/mol. The van der Waals surface area contributed by atoms with Gasteiger partial charge in [0.2, 0.25) is 0 Å². The average molecular weight is 502 g/mol. The highest BCUT2D eigenvalue weighted by atomic mass is 19.2. The van der Waals surface area contributed by atoms with Gasteiger partial charge in [-0.05, 0) is 0 Å². The van der Waals surface area contributed by atoms with E-state index in [1.165, 1.54) is 0 Å². The molecular formula is C18H6F8O8. The van der Waals surface area contributed by atoms with Crippen LogP contribution in [-0.2, 0) is 19.2 Å². The van der Waals surface area contributed by atoms with Gasteiger partial charge in [-0.15, -0.1) is 0 Å². The molecule has 2 aromatic carbocycles. The van der Waals surface area contributed by atoms with Crippen molar-refractivity contribution in [3.8, 4) is 11.1 Å². The number of hydrogen-bond donors (Lipinski definition) is 4. The number of rotatable bonds is 7. The molecule has 0 atom stereocenters. The zero-order chi connectivity index (χ0) is 26.4. The van der Waals surface area contributed by atoms with E-state index in [0.29, 0.717) is 0 Å². The topological polar surface area (TPSA) is 149 Å². The fraction of sp³-hybridized carbons (Fsp3) is 0.111. The van der Waals surface area contributed by atoms with Crippen LogP contribution in [0.25, 0.3) is 11.1 Å². The molecular weight excluding hydrogens is 496 g/mol. The van der Waals surface area contributed by atoms with E-state index in [-0.39, 0.29) is 0 Å². The third-order valence-corrected chi connectivity index (χ3v) is 4.41. The fourth-order valence-electron chi connectivity index (χ4n) is 2.95. The Morgan fingerprint density at radius 1 is 0.412 bits per heavy atom. The van der Waals surface area contributed by atoms with Crippen LogP contribution in [0.2, 0.25) is 0 Å². The number of hydrogen-bond acceptors (Lipinski definition) is 4. The standard InChI is InChI=1S/C18H6F8O8/c19-7-1(8(20)12(24)3(11(7)23)5(15(27)28)16(29)30)2-9(21)13(25)4(14(26)10(2)22)6(17(31)32)18(33)34/h5-6H,(H,27,28)(H,29,30)(H,31,32)(H,33,34). The lowest BCUT2D eigenvalue weighted by molar-refractivity contribution is -0.152. The second-order valence-electron chi connectivity index (χ2n) is 6.31. The average Bonchev–Trinajstić information content (AvgIpc) is 2.72. The molecule has 2 rings (SSSR count). The maximum absolute atomic E-state index is 14.5. The van der Waals surface area contributed by atoms with Crippen molar-refractivity contribution in [1.82, 2.24) is 0 Å². The highest BCUT2D eigenvalue weighted by Gasteiger charge is 2.42. The molecule has 16 heteroatoms. The van der Waals surface area contributed by atoms with Crippen LogP contribution < -0.4 is 0 Å². The maximum atomic E-state index is 14.5. The molecule has 0 radical (unpaired) electrons. The first-order valence-corrected chi connectivity index (χ1v) is 8.20. The molecule has 8 nitrogen and oxygen atoms in total. The third kappa shape index (κ3) is 3.86. The Balaban J connectivity index is 3.02. The Bertz CT molecular complexity index is 1090. The largest absolute Gasteiger partial charge is 0.480 e. The molecule has 4 N–H and O–H groups in total. The lowest BCUT2D eigenvalue weighted by Gasteiger charge is -2.18. The summed E-state index contributed by atoms with van der Waals surface area (Å²) < 4.78 is 115. The molecule has 0 amide bonds. The molecule has 0 unspecified atom stereocenters. The van der Waals surface area contributed by atoms with Crippen molar-refractivity contribution >= 4 is 23.9 Å². The van der Waals surface area contributed by atoms with Gasteiger partial charge in [0.25, 0.3) is 0 Å². The van der Waals surface area contributed by atoms with Gasteiger partial charge in [-0.3, -0.25) is 19.2 Å². The minimum Gasteiger partial charge on any atom is -0.480 e. The molecule has 0 aromatic heterocycles. The smallest absolute Gasteiger partial charge is 0.322 e. The summed E-state index contributed by atoms with van der Waals surface area (Å²) in [7, 11) is 0. The summed E-state index contributed by atoms with van der Waals surface area (Å²) in [6, 6.07) is 0. The second-order valence-corrected chi connectivity index (χ2v) is 6.31. The van der Waals surface area contributed by atoms with E-state index in [9.17, 15) is 54.3 Å². The van der Waals surface area contributed by atoms with Gasteiger partial charge in [-0.1, -0.05) is 0 Å². The summed E-state index contributed by atoms with van der Waals surface area (Å²) in [6.45, 7) is 0. The van der Waals surface area contributed by atoms with E-state index in [4.69, 9.17) is 20.4 Å². The Morgan fingerprint density at radius 3 is 0.735 bits per heavy atom. The third-order valence-electron chi connectivity index (χ3n) is 4.41. The number of carboxylic acids is 4. The fourth-order valence-corrected chi connectivity index (χ4v) is 2.95. The number of benzene rings is 2. The lowest BCUT2D eigenvalue weighted by Crippen LogP contribution is -2.26. The maximum Gasteiger partial charge on any atom is 0.322 e. The van der Waals surface area contributed by atoms with E-state index in [1.54, 1.807) is 0 Å². The molecule has 0 fully saturated rings. The molecule has 0 aliphatic heterocycles. The Hall–Kier alpha value is -4.24. The van der Waals surface area contributed by atoms with Crippen molar-refractivity contribution < 1.29 is 74.7 Å². The molecule has 0 bridgehead atoms. The van der Waals surface area contributed by atoms with E-state index >= 15 is 0 Å². The van der Waals surface area contributed by atoms with Gasteiger partial charge in [0, 0.05) is 0 Å². The zero-order valence-corrected chi connectivity index (χ0v) is 15.6. The van der Waals surface area contributed by atoms with Gasteiger partial charge < -0.3 is 20.4 Å². The van der Waals surface area contributed by atoms with E-state index in [1.807, 2.05) is 0 Å². The SMILES string of the molecule is O=C(O)C(C(=O)O)c1c(F)c(F)c(-c2c(F)c(F)c(C(C(=O)O)C(=O)O)c(F)c2F)c(F)c1F. The highest BCUT2D eigenvalue weighted by molar-refractivity contribution is 6.00. The van der Waals surface area contributed by atoms with E-state index in [2.05, 4.69) is 0 Å². The molecule has 0 saturated carbocycles. The highest BCUT2D eigenvalue weighted by Crippen LogP contribution is 2.41. The van der Waals surface area contributed by atoms with E-state index < -0.39 is 105 Å². The number of carbonyl (C=O) groups is 4.